The van der Waals surface area contributed by atoms with Gasteiger partial charge >= 0.3 is 0 Å². The summed E-state index contributed by atoms with van der Waals surface area (Å²) >= 11 is 1.38. The van der Waals surface area contributed by atoms with Gasteiger partial charge in [-0.3, -0.25) is 15.2 Å². The van der Waals surface area contributed by atoms with E-state index in [1.807, 2.05) is 5.38 Å². The molecule has 5 nitrogen and oxygen atoms in total. The van der Waals surface area contributed by atoms with Crippen molar-refractivity contribution < 1.29 is 4.79 Å². The fourth-order valence-electron chi connectivity index (χ4n) is 1.47. The number of amides is 1. The molecule has 0 unspecified atom stereocenters. The van der Waals surface area contributed by atoms with E-state index in [2.05, 4.69) is 34.3 Å². The highest BCUT2D eigenvalue weighted by atomic mass is 32.1. The lowest BCUT2D eigenvalue weighted by Gasteiger charge is -1.99. The largest absolute Gasteiger partial charge is 0.296 e. The predicted octanol–water partition coefficient (Wildman–Crippen LogP) is 2.32. The summed E-state index contributed by atoms with van der Waals surface area (Å²) in [7, 11) is 0. The monoisotopic (exact) mass is 250 g/mol. The lowest BCUT2D eigenvalue weighted by molar-refractivity contribution is 0.102. The number of aromatic nitrogens is 3. The number of nitrogens with one attached hydrogen (secondary N) is 2. The number of H-pyrrole nitrogens is 1. The van der Waals surface area contributed by atoms with E-state index in [1.165, 1.54) is 11.3 Å². The molecule has 0 aromatic carbocycles. The Hall–Kier alpha value is -1.69. The van der Waals surface area contributed by atoms with Crippen LogP contribution in [0.15, 0.2) is 17.6 Å². The summed E-state index contributed by atoms with van der Waals surface area (Å²) in [5, 5.41) is 11.9. The lowest BCUT2D eigenvalue weighted by Crippen LogP contribution is -2.11. The molecular formula is C11H14N4OS. The third kappa shape index (κ3) is 3.13. The van der Waals surface area contributed by atoms with Gasteiger partial charge in [-0.05, 0) is 18.4 Å². The first-order chi connectivity index (χ1) is 8.15. The van der Waals surface area contributed by atoms with Gasteiger partial charge in [0.2, 0.25) is 0 Å². The summed E-state index contributed by atoms with van der Waals surface area (Å²) in [6, 6.07) is 1.78. The summed E-state index contributed by atoms with van der Waals surface area (Å²) in [6.45, 7) is 4.24. The van der Waals surface area contributed by atoms with Crippen LogP contribution in [0.5, 0.6) is 0 Å². The molecule has 0 radical (unpaired) electrons. The van der Waals surface area contributed by atoms with E-state index < -0.39 is 0 Å². The van der Waals surface area contributed by atoms with Gasteiger partial charge in [0.05, 0.1) is 0 Å². The Balaban J connectivity index is 2.02. The van der Waals surface area contributed by atoms with E-state index in [-0.39, 0.29) is 5.91 Å². The molecule has 2 rings (SSSR count). The van der Waals surface area contributed by atoms with Gasteiger partial charge in [0.25, 0.3) is 5.91 Å². The van der Waals surface area contributed by atoms with Gasteiger partial charge < -0.3 is 0 Å². The zero-order chi connectivity index (χ0) is 12.3. The van der Waals surface area contributed by atoms with Gasteiger partial charge in [-0.25, -0.2) is 4.98 Å². The Morgan fingerprint density at radius 1 is 1.59 bits per heavy atom. The molecule has 2 heterocycles. The molecule has 17 heavy (non-hydrogen) atoms. The number of carbonyl (C=O) groups excluding carboxylic acids is 1. The number of thiazole rings is 1. The van der Waals surface area contributed by atoms with Gasteiger partial charge in [0.15, 0.2) is 10.8 Å². The maximum Gasteiger partial charge on any atom is 0.277 e. The average Bonchev–Trinajstić information content (AvgIpc) is 2.87. The SMILES string of the molecule is CC(C)Cc1cc(C(=O)Nc2nccs2)n[nH]1. The average molecular weight is 250 g/mol. The van der Waals surface area contributed by atoms with E-state index in [0.29, 0.717) is 16.7 Å². The van der Waals surface area contributed by atoms with Gasteiger partial charge in [0.1, 0.15) is 0 Å². The van der Waals surface area contributed by atoms with Crippen molar-refractivity contribution in [1.29, 1.82) is 0 Å². The molecule has 1 amide bonds. The molecule has 0 fully saturated rings. The second-order valence-corrected chi connectivity index (χ2v) is 5.06. The van der Waals surface area contributed by atoms with Crippen molar-refractivity contribution in [2.24, 2.45) is 5.92 Å². The number of carbonyl (C=O) groups is 1. The Labute approximate surface area is 103 Å². The van der Waals surface area contributed by atoms with Gasteiger partial charge in [0, 0.05) is 17.3 Å². The number of hydrogen-bond donors (Lipinski definition) is 2. The molecule has 0 atom stereocenters. The van der Waals surface area contributed by atoms with Crippen LogP contribution in [0.2, 0.25) is 0 Å². The maximum atomic E-state index is 11.8. The fraction of sp³-hybridized carbons (Fsp3) is 0.364. The quantitative estimate of drug-likeness (QED) is 0.874. The van der Waals surface area contributed by atoms with E-state index in [9.17, 15) is 4.79 Å². The van der Waals surface area contributed by atoms with Crippen molar-refractivity contribution in [3.63, 3.8) is 0 Å². The number of anilines is 1. The Morgan fingerprint density at radius 3 is 3.06 bits per heavy atom. The lowest BCUT2D eigenvalue weighted by atomic mass is 10.1. The first-order valence-electron chi connectivity index (χ1n) is 5.40. The second kappa shape index (κ2) is 5.09. The number of aromatic amines is 1. The first kappa shape index (κ1) is 11.8. The van der Waals surface area contributed by atoms with Crippen LogP contribution in [0.25, 0.3) is 0 Å². The molecule has 0 aliphatic carbocycles. The minimum Gasteiger partial charge on any atom is -0.296 e. The van der Waals surface area contributed by atoms with Crippen molar-refractivity contribution in [2.75, 3.05) is 5.32 Å². The number of rotatable bonds is 4. The molecule has 2 aromatic rings. The third-order valence-corrected chi connectivity index (χ3v) is 2.83. The van der Waals surface area contributed by atoms with Crippen molar-refractivity contribution in [3.8, 4) is 0 Å². The molecule has 2 aromatic heterocycles. The minimum atomic E-state index is -0.230. The second-order valence-electron chi connectivity index (χ2n) is 4.17. The molecule has 0 bridgehead atoms. The van der Waals surface area contributed by atoms with Crippen molar-refractivity contribution >= 4 is 22.4 Å². The molecule has 2 N–H and O–H groups in total. The zero-order valence-corrected chi connectivity index (χ0v) is 10.5. The summed E-state index contributed by atoms with van der Waals surface area (Å²) in [4.78, 5) is 15.8. The Bertz CT molecular complexity index is 489. The molecular weight excluding hydrogens is 236 g/mol. The standard InChI is InChI=1S/C11H14N4OS/c1-7(2)5-8-6-9(15-14-8)10(16)13-11-12-3-4-17-11/h3-4,6-7H,5H2,1-2H3,(H,14,15)(H,12,13,16). The Kier molecular flexibility index (Phi) is 3.53. The van der Waals surface area contributed by atoms with Crippen LogP contribution >= 0.6 is 11.3 Å². The summed E-state index contributed by atoms with van der Waals surface area (Å²) in [6.07, 6.45) is 2.53. The van der Waals surface area contributed by atoms with Crippen molar-refractivity contribution in [3.05, 3.63) is 29.0 Å². The topological polar surface area (TPSA) is 70.7 Å². The molecule has 0 aliphatic rings. The van der Waals surface area contributed by atoms with E-state index in [1.54, 1.807) is 12.3 Å². The van der Waals surface area contributed by atoms with Crippen LogP contribution in [0.4, 0.5) is 5.13 Å². The molecule has 90 valence electrons. The maximum absolute atomic E-state index is 11.8. The highest BCUT2D eigenvalue weighted by Gasteiger charge is 2.12. The molecule has 0 spiro atoms. The van der Waals surface area contributed by atoms with Gasteiger partial charge in [-0.1, -0.05) is 13.8 Å². The smallest absolute Gasteiger partial charge is 0.277 e. The van der Waals surface area contributed by atoms with Crippen molar-refractivity contribution in [1.82, 2.24) is 15.2 Å². The highest BCUT2D eigenvalue weighted by molar-refractivity contribution is 7.13. The number of nitrogens with zero attached hydrogens (tertiary/aromatic N) is 2. The summed E-state index contributed by atoms with van der Waals surface area (Å²) in [5.41, 5.74) is 1.38. The van der Waals surface area contributed by atoms with Crippen LogP contribution in [-0.2, 0) is 6.42 Å². The molecule has 6 heteroatoms. The zero-order valence-electron chi connectivity index (χ0n) is 9.73. The highest BCUT2D eigenvalue weighted by Crippen LogP contribution is 2.12. The Morgan fingerprint density at radius 2 is 2.41 bits per heavy atom. The molecule has 0 saturated heterocycles. The van der Waals surface area contributed by atoms with Crippen LogP contribution < -0.4 is 5.32 Å². The van der Waals surface area contributed by atoms with E-state index in [0.717, 1.165) is 12.1 Å². The van der Waals surface area contributed by atoms with E-state index >= 15 is 0 Å². The van der Waals surface area contributed by atoms with Gasteiger partial charge in [-0.2, -0.15) is 5.10 Å². The van der Waals surface area contributed by atoms with Crippen LogP contribution in [0.1, 0.15) is 30.0 Å². The van der Waals surface area contributed by atoms with Crippen LogP contribution in [-0.4, -0.2) is 21.1 Å². The number of hydrogen-bond acceptors (Lipinski definition) is 4. The van der Waals surface area contributed by atoms with Crippen LogP contribution in [0, 0.1) is 5.92 Å². The van der Waals surface area contributed by atoms with Gasteiger partial charge in [-0.15, -0.1) is 11.3 Å². The first-order valence-corrected chi connectivity index (χ1v) is 6.28. The fourth-order valence-corrected chi connectivity index (χ4v) is 1.99. The normalized spacial score (nSPS) is 10.8. The van der Waals surface area contributed by atoms with Crippen molar-refractivity contribution in [2.45, 2.75) is 20.3 Å². The summed E-state index contributed by atoms with van der Waals surface area (Å²) < 4.78 is 0. The molecule has 0 saturated carbocycles. The third-order valence-electron chi connectivity index (χ3n) is 2.14. The molecule has 0 aliphatic heterocycles. The van der Waals surface area contributed by atoms with Crippen LogP contribution in [0.3, 0.4) is 0 Å². The van der Waals surface area contributed by atoms with E-state index in [4.69, 9.17) is 0 Å². The predicted molar refractivity (Wildman–Crippen MR) is 67.2 cm³/mol. The summed E-state index contributed by atoms with van der Waals surface area (Å²) in [5.74, 6) is 0.302. The minimum absolute atomic E-state index is 0.230.